The van der Waals surface area contributed by atoms with E-state index >= 15 is 9.13 Å². The topological polar surface area (TPSA) is 88.7 Å². The van der Waals surface area contributed by atoms with Crippen LogP contribution in [0.5, 0.6) is 23.0 Å². The minimum Gasteiger partial charge on any atom is -0.456 e. The van der Waals surface area contributed by atoms with E-state index in [2.05, 4.69) is 191 Å². The summed E-state index contributed by atoms with van der Waals surface area (Å²) < 4.78 is 63.3. The molecule has 8 nitrogen and oxygen atoms in total. The van der Waals surface area contributed by atoms with Crippen molar-refractivity contribution in [1.82, 2.24) is 9.13 Å². The van der Waals surface area contributed by atoms with Crippen LogP contribution in [0.3, 0.4) is 0 Å². The van der Waals surface area contributed by atoms with E-state index in [1.165, 1.54) is 0 Å². The van der Waals surface area contributed by atoms with Crippen molar-refractivity contribution in [2.24, 2.45) is 0 Å². The lowest BCUT2D eigenvalue weighted by molar-refractivity contribution is 0.485. The molecule has 0 N–H and O–H groups in total. The van der Waals surface area contributed by atoms with Crippen LogP contribution in [-0.2, 0) is 9.13 Å². The molecule has 19 aromatic rings. The Morgan fingerprint density at radius 2 is 0.550 bits per heavy atom. The van der Waals surface area contributed by atoms with Crippen LogP contribution in [0.2, 0.25) is 0 Å². The number of para-hydroxylation sites is 8. The lowest BCUT2D eigenvalue weighted by atomic mass is 9.85. The first-order valence-corrected chi connectivity index (χ1v) is 37.0. The van der Waals surface area contributed by atoms with Crippen molar-refractivity contribution in [3.63, 3.8) is 0 Å². The van der Waals surface area contributed by atoms with Gasteiger partial charge in [-0.2, -0.15) is 0 Å². The van der Waals surface area contributed by atoms with Gasteiger partial charge in [-0.05, 0) is 178 Å². The molecule has 21 rings (SSSR count). The number of fused-ring (bicyclic) bond motifs is 18. The van der Waals surface area contributed by atoms with Crippen LogP contribution < -0.4 is 41.3 Å². The van der Waals surface area contributed by atoms with Crippen LogP contribution in [0.25, 0.3) is 143 Å². The number of ether oxygens (including phenoxy) is 2. The molecule has 15 aromatic carbocycles. The van der Waals surface area contributed by atoms with Gasteiger partial charge in [-0.3, -0.25) is 0 Å². The Morgan fingerprint density at radius 3 is 0.910 bits per heavy atom. The fourth-order valence-electron chi connectivity index (χ4n) is 16.1. The van der Waals surface area contributed by atoms with Gasteiger partial charge in [0.1, 0.15) is 45.3 Å². The first-order chi connectivity index (χ1) is 49.3. The zero-order chi connectivity index (χ0) is 66.0. The monoisotopic (exact) mass is 1320 g/mol. The average molecular weight is 1320 g/mol. The highest BCUT2D eigenvalue weighted by Crippen LogP contribution is 2.55. The molecule has 2 aliphatic rings. The number of benzene rings is 15. The molecule has 10 heteroatoms. The Balaban J connectivity index is 0.774. The molecule has 2 aliphatic heterocycles. The third-order valence-electron chi connectivity index (χ3n) is 20.7. The van der Waals surface area contributed by atoms with Gasteiger partial charge in [-0.25, -0.2) is 0 Å². The maximum Gasteiger partial charge on any atom is 0.178 e. The first-order valence-electron chi connectivity index (χ1n) is 33.6. The number of rotatable bonds is 8. The number of hydrogen-bond acceptors (Lipinski definition) is 6. The van der Waals surface area contributed by atoms with Crippen molar-refractivity contribution in [3.05, 3.63) is 328 Å². The van der Waals surface area contributed by atoms with Crippen molar-refractivity contribution >= 4 is 134 Å². The first kappa shape index (κ1) is 56.7. The Morgan fingerprint density at radius 1 is 0.250 bits per heavy atom. The Kier molecular flexibility index (Phi) is 12.2. The van der Waals surface area contributed by atoms with Crippen LogP contribution in [0.1, 0.15) is 0 Å². The van der Waals surface area contributed by atoms with Crippen molar-refractivity contribution in [1.29, 1.82) is 0 Å². The third-order valence-corrected chi connectivity index (χ3v) is 27.0. The molecule has 4 aromatic heterocycles. The summed E-state index contributed by atoms with van der Waals surface area (Å²) in [5.74, 6) is 2.38. The van der Waals surface area contributed by atoms with Gasteiger partial charge < -0.3 is 36.6 Å². The smallest absolute Gasteiger partial charge is 0.178 e. The predicted octanol–water partition coefficient (Wildman–Crippen LogP) is 21.8. The second kappa shape index (κ2) is 21.5. The summed E-state index contributed by atoms with van der Waals surface area (Å²) >= 11 is 0. The van der Waals surface area contributed by atoms with E-state index in [4.69, 9.17) is 18.3 Å². The second-order valence-electron chi connectivity index (χ2n) is 26.0. The predicted molar refractivity (Wildman–Crippen MR) is 410 cm³/mol. The van der Waals surface area contributed by atoms with Crippen LogP contribution in [-0.4, -0.2) is 9.13 Å². The molecular weight excluding hydrogens is 1270 g/mol. The highest BCUT2D eigenvalue weighted by atomic mass is 31.2. The van der Waals surface area contributed by atoms with Gasteiger partial charge in [0, 0.05) is 54.3 Å². The fraction of sp³-hybridized carbons (Fsp3) is 0. The SMILES string of the molecule is O=P1(c2ccc(-c3cc(-c4ccc(-n5c6ccccc6c6c7oc8ccccc8c7ccc65)cc4)c(-c4ccc(P5(=O)c6ccccc6Oc6ccccc65)cc4)cc3-c3ccc(-n4c5ccccc5c5c6oc7ccccc7c6ccc54)cc3)cc2)c2ccccc2Oc2ccccc21. The summed E-state index contributed by atoms with van der Waals surface area (Å²) in [6.07, 6.45) is 0. The summed E-state index contributed by atoms with van der Waals surface area (Å²) in [5, 5.41) is 12.8. The van der Waals surface area contributed by atoms with Gasteiger partial charge in [0.25, 0.3) is 0 Å². The summed E-state index contributed by atoms with van der Waals surface area (Å²) in [5.41, 5.74) is 17.5. The van der Waals surface area contributed by atoms with Gasteiger partial charge in [0.15, 0.2) is 14.3 Å². The highest BCUT2D eigenvalue weighted by molar-refractivity contribution is 7.86. The van der Waals surface area contributed by atoms with E-state index in [0.29, 0.717) is 54.8 Å². The van der Waals surface area contributed by atoms with Crippen molar-refractivity contribution in [2.75, 3.05) is 0 Å². The standard InChI is InChI=1S/C90H54N2O6P2/c93-99(83-29-13-9-25-79(83)95-80-26-10-14-30-84(80)99)61-45-37-57(38-46-61)71-54-70(56-35-43-60(44-36-56)92-74-22-6-2-20-68(74)88-76(92)52-50-66-64-18-4-8-24-78(64)98-90(66)88)72(58-39-47-62(48-40-58)100(94)85-31-15-11-27-81(85)96-82-28-12-16-32-86(82)100)53-69(71)55-33-41-59(42-34-55)91-73-21-5-1-19-67(73)87-75(91)51-49-65-63-17-3-7-23-77(63)97-89(65)87/h1-54H. The van der Waals surface area contributed by atoms with E-state index in [1.807, 2.05) is 146 Å². The number of nitrogens with zero attached hydrogens (tertiary/aromatic N) is 2. The molecule has 0 radical (unpaired) electrons. The maximum atomic E-state index is 16.2. The van der Waals surface area contributed by atoms with Crippen molar-refractivity contribution in [3.8, 4) is 78.9 Å². The number of hydrogen-bond donors (Lipinski definition) is 0. The van der Waals surface area contributed by atoms with Gasteiger partial charge in [-0.15, -0.1) is 0 Å². The van der Waals surface area contributed by atoms with Gasteiger partial charge in [0.05, 0.1) is 54.1 Å². The molecule has 0 unspecified atom stereocenters. The van der Waals surface area contributed by atoms with E-state index in [9.17, 15) is 0 Å². The lowest BCUT2D eigenvalue weighted by Gasteiger charge is -2.29. The van der Waals surface area contributed by atoms with Crippen LogP contribution in [0, 0.1) is 0 Å². The average Bonchev–Trinajstić information content (AvgIpc) is 1.30. The zero-order valence-electron chi connectivity index (χ0n) is 53.4. The number of furan rings is 2. The van der Waals surface area contributed by atoms with Crippen LogP contribution in [0.4, 0.5) is 0 Å². The Bertz CT molecular complexity index is 6270. The molecule has 6 heterocycles. The summed E-state index contributed by atoms with van der Waals surface area (Å²) in [4.78, 5) is 0. The molecule has 0 saturated carbocycles. The highest BCUT2D eigenvalue weighted by Gasteiger charge is 2.41. The summed E-state index contributed by atoms with van der Waals surface area (Å²) in [6.45, 7) is 0. The van der Waals surface area contributed by atoms with Crippen LogP contribution >= 0.6 is 14.3 Å². The molecular formula is C90H54N2O6P2. The van der Waals surface area contributed by atoms with Crippen molar-refractivity contribution < 1.29 is 27.4 Å². The second-order valence-corrected chi connectivity index (χ2v) is 31.4. The van der Waals surface area contributed by atoms with E-state index in [-0.39, 0.29) is 0 Å². The molecule has 0 saturated heterocycles. The minimum absolute atomic E-state index is 0.596. The minimum atomic E-state index is -3.42. The Hall–Kier alpha value is -12.4. The molecule has 0 atom stereocenters. The fourth-order valence-corrected chi connectivity index (χ4v) is 21.8. The summed E-state index contributed by atoms with van der Waals surface area (Å²) in [6, 6.07) is 112. The maximum absolute atomic E-state index is 16.2. The summed E-state index contributed by atoms with van der Waals surface area (Å²) in [7, 11) is -6.84. The van der Waals surface area contributed by atoms with Gasteiger partial charge >= 0.3 is 0 Å². The van der Waals surface area contributed by atoms with Crippen molar-refractivity contribution in [2.45, 2.75) is 0 Å². The molecule has 100 heavy (non-hydrogen) atoms. The molecule has 0 aliphatic carbocycles. The van der Waals surface area contributed by atoms with Gasteiger partial charge in [-0.1, -0.05) is 194 Å². The third kappa shape index (κ3) is 8.18. The largest absolute Gasteiger partial charge is 0.456 e. The molecule has 0 fully saturated rings. The van der Waals surface area contributed by atoms with E-state index in [0.717, 1.165) is 143 Å². The molecule has 0 amide bonds. The lowest BCUT2D eigenvalue weighted by Crippen LogP contribution is -2.30. The molecule has 470 valence electrons. The zero-order valence-corrected chi connectivity index (χ0v) is 55.2. The van der Waals surface area contributed by atoms with E-state index < -0.39 is 14.3 Å². The number of aromatic nitrogens is 2. The normalized spacial score (nSPS) is 13.6. The van der Waals surface area contributed by atoms with Gasteiger partial charge in [0.2, 0.25) is 0 Å². The van der Waals surface area contributed by atoms with E-state index in [1.54, 1.807) is 0 Å². The quantitative estimate of drug-likeness (QED) is 0.141. The Labute approximate surface area is 573 Å². The molecule has 0 spiro atoms. The van der Waals surface area contributed by atoms with Crippen LogP contribution in [0.15, 0.2) is 336 Å². The molecule has 0 bridgehead atoms.